The minimum absolute atomic E-state index is 0.194. The van der Waals surface area contributed by atoms with E-state index in [9.17, 15) is 8.78 Å². The summed E-state index contributed by atoms with van der Waals surface area (Å²) < 4.78 is 29.0. The van der Waals surface area contributed by atoms with Crippen molar-refractivity contribution in [3.8, 4) is 16.9 Å². The summed E-state index contributed by atoms with van der Waals surface area (Å²) in [5.74, 6) is 0.194. The smallest absolute Gasteiger partial charge is 0.387 e. The van der Waals surface area contributed by atoms with E-state index in [1.165, 1.54) is 62.6 Å². The quantitative estimate of drug-likeness (QED) is 0.236. The first-order valence-corrected chi connectivity index (χ1v) is 14.3. The van der Waals surface area contributed by atoms with Gasteiger partial charge in [-0.2, -0.15) is 8.78 Å². The average molecular weight is 419 g/mol. The molecule has 160 valence electrons. The summed E-state index contributed by atoms with van der Waals surface area (Å²) in [5, 5.41) is 1.49. The minimum atomic E-state index is -2.78. The highest BCUT2D eigenvalue weighted by Crippen LogP contribution is 2.24. The highest BCUT2D eigenvalue weighted by molar-refractivity contribution is 6.89. The summed E-state index contributed by atoms with van der Waals surface area (Å²) in [6.07, 6.45) is 10.9. The van der Waals surface area contributed by atoms with Crippen LogP contribution in [0.3, 0.4) is 0 Å². The maximum Gasteiger partial charge on any atom is 0.387 e. The van der Waals surface area contributed by atoms with E-state index in [2.05, 4.69) is 49.0 Å². The number of halogens is 2. The van der Waals surface area contributed by atoms with E-state index in [0.717, 1.165) is 11.1 Å². The Morgan fingerprint density at radius 2 is 1.21 bits per heavy atom. The lowest BCUT2D eigenvalue weighted by molar-refractivity contribution is -0.0498. The summed E-state index contributed by atoms with van der Waals surface area (Å²) in [4.78, 5) is 0. The molecule has 2 aromatic rings. The molecule has 0 aliphatic carbocycles. The number of benzene rings is 2. The minimum Gasteiger partial charge on any atom is -0.435 e. The van der Waals surface area contributed by atoms with Crippen LogP contribution in [0.25, 0.3) is 11.1 Å². The van der Waals surface area contributed by atoms with Crippen LogP contribution in [0.2, 0.25) is 19.1 Å². The van der Waals surface area contributed by atoms with Gasteiger partial charge >= 0.3 is 6.61 Å². The van der Waals surface area contributed by atoms with Crippen LogP contribution in [0.1, 0.15) is 58.3 Å². The topological polar surface area (TPSA) is 9.23 Å². The second kappa shape index (κ2) is 12.1. The Labute approximate surface area is 176 Å². The first-order valence-electron chi connectivity index (χ1n) is 11.1. The molecular weight excluding hydrogens is 382 g/mol. The second-order valence-electron chi connectivity index (χ2n) is 8.59. The monoisotopic (exact) mass is 418 g/mol. The van der Waals surface area contributed by atoms with Crippen LogP contribution in [-0.4, -0.2) is 14.7 Å². The Morgan fingerprint density at radius 1 is 0.724 bits per heavy atom. The third kappa shape index (κ3) is 8.29. The van der Waals surface area contributed by atoms with Crippen LogP contribution < -0.4 is 9.92 Å². The zero-order valence-electron chi connectivity index (χ0n) is 18.2. The van der Waals surface area contributed by atoms with Crippen molar-refractivity contribution >= 4 is 13.3 Å². The molecule has 0 unspecified atom stereocenters. The van der Waals surface area contributed by atoms with Gasteiger partial charge < -0.3 is 4.74 Å². The molecule has 0 spiro atoms. The number of hydrogen-bond donors (Lipinski definition) is 0. The standard InChI is InChI=1S/C25H36F2OSi/c1-4-5-6-7-8-9-10-11-20-29(2,3)24-18-14-22(15-19-24)21-12-16-23(17-13-21)28-25(26)27/h12-19,25H,4-11,20H2,1-3H3. The molecule has 0 aliphatic heterocycles. The summed E-state index contributed by atoms with van der Waals surface area (Å²) in [7, 11) is -1.42. The lowest BCUT2D eigenvalue weighted by Gasteiger charge is -2.23. The van der Waals surface area contributed by atoms with Crippen LogP contribution in [0.15, 0.2) is 48.5 Å². The number of unbranched alkanes of at least 4 members (excludes halogenated alkanes) is 7. The third-order valence-corrected chi connectivity index (χ3v) is 9.23. The van der Waals surface area contributed by atoms with Gasteiger partial charge in [-0.05, 0) is 23.3 Å². The Kier molecular flexibility index (Phi) is 9.85. The molecular formula is C25H36F2OSi. The average Bonchev–Trinajstić information content (AvgIpc) is 2.70. The van der Waals surface area contributed by atoms with Gasteiger partial charge in [0.1, 0.15) is 5.75 Å². The van der Waals surface area contributed by atoms with Gasteiger partial charge in [0.2, 0.25) is 0 Å². The summed E-state index contributed by atoms with van der Waals surface area (Å²) in [6, 6.07) is 17.0. The van der Waals surface area contributed by atoms with E-state index in [1.54, 1.807) is 12.1 Å². The molecule has 1 nitrogen and oxygen atoms in total. The fourth-order valence-electron chi connectivity index (χ4n) is 3.79. The molecule has 0 atom stereocenters. The molecule has 0 bridgehead atoms. The van der Waals surface area contributed by atoms with E-state index in [4.69, 9.17) is 0 Å². The molecule has 0 fully saturated rings. The van der Waals surface area contributed by atoms with E-state index >= 15 is 0 Å². The largest absolute Gasteiger partial charge is 0.435 e. The first-order chi connectivity index (χ1) is 13.9. The number of ether oxygens (including phenoxy) is 1. The number of alkyl halides is 2. The first kappa shape index (κ1) is 23.6. The van der Waals surface area contributed by atoms with Crippen LogP contribution in [0, 0.1) is 0 Å². The van der Waals surface area contributed by atoms with Crippen molar-refractivity contribution in [3.63, 3.8) is 0 Å². The molecule has 0 heterocycles. The van der Waals surface area contributed by atoms with Gasteiger partial charge in [0.15, 0.2) is 0 Å². The van der Waals surface area contributed by atoms with Crippen molar-refractivity contribution in [2.24, 2.45) is 0 Å². The predicted molar refractivity (Wildman–Crippen MR) is 123 cm³/mol. The van der Waals surface area contributed by atoms with Crippen LogP contribution in [-0.2, 0) is 0 Å². The van der Waals surface area contributed by atoms with Crippen molar-refractivity contribution in [1.29, 1.82) is 0 Å². The summed E-state index contributed by atoms with van der Waals surface area (Å²) in [6.45, 7) is 4.40. The van der Waals surface area contributed by atoms with Crippen LogP contribution in [0.5, 0.6) is 5.75 Å². The van der Waals surface area contributed by atoms with Crippen molar-refractivity contribution in [2.75, 3.05) is 0 Å². The van der Waals surface area contributed by atoms with Crippen molar-refractivity contribution in [3.05, 3.63) is 48.5 Å². The molecule has 4 heteroatoms. The van der Waals surface area contributed by atoms with Gasteiger partial charge in [-0.1, -0.05) is 119 Å². The van der Waals surface area contributed by atoms with E-state index < -0.39 is 14.7 Å². The number of hydrogen-bond acceptors (Lipinski definition) is 1. The van der Waals surface area contributed by atoms with Crippen molar-refractivity contribution in [1.82, 2.24) is 0 Å². The second-order valence-corrected chi connectivity index (χ2v) is 13.4. The Hall–Kier alpha value is -1.68. The van der Waals surface area contributed by atoms with E-state index in [1.807, 2.05) is 12.1 Å². The summed E-state index contributed by atoms with van der Waals surface area (Å²) >= 11 is 0. The van der Waals surface area contributed by atoms with E-state index in [0.29, 0.717) is 0 Å². The number of rotatable bonds is 13. The van der Waals surface area contributed by atoms with Gasteiger partial charge in [0, 0.05) is 0 Å². The summed E-state index contributed by atoms with van der Waals surface area (Å²) in [5.41, 5.74) is 2.12. The van der Waals surface area contributed by atoms with Gasteiger partial charge in [-0.15, -0.1) is 0 Å². The lowest BCUT2D eigenvalue weighted by atomic mass is 10.1. The Balaban J connectivity index is 1.83. The van der Waals surface area contributed by atoms with Gasteiger partial charge in [-0.3, -0.25) is 0 Å². The highest BCUT2D eigenvalue weighted by Gasteiger charge is 2.22. The predicted octanol–water partition coefficient (Wildman–Crippen LogP) is 8.01. The Bertz CT molecular complexity index is 696. The SMILES string of the molecule is CCCCCCCCCC[Si](C)(C)c1ccc(-c2ccc(OC(F)F)cc2)cc1. The van der Waals surface area contributed by atoms with Gasteiger partial charge in [0.05, 0.1) is 8.07 Å². The lowest BCUT2D eigenvalue weighted by Crippen LogP contribution is -2.40. The molecule has 0 amide bonds. The normalized spacial score (nSPS) is 11.8. The molecule has 0 saturated carbocycles. The van der Waals surface area contributed by atoms with Crippen molar-refractivity contribution in [2.45, 2.75) is 84.0 Å². The molecule has 0 aliphatic rings. The molecule has 0 saturated heterocycles. The van der Waals surface area contributed by atoms with Crippen molar-refractivity contribution < 1.29 is 13.5 Å². The zero-order valence-corrected chi connectivity index (χ0v) is 19.2. The third-order valence-electron chi connectivity index (χ3n) is 5.73. The maximum atomic E-state index is 12.3. The molecule has 2 rings (SSSR count). The van der Waals surface area contributed by atoms with Gasteiger partial charge in [0.25, 0.3) is 0 Å². The van der Waals surface area contributed by atoms with E-state index in [-0.39, 0.29) is 5.75 Å². The molecule has 29 heavy (non-hydrogen) atoms. The maximum absolute atomic E-state index is 12.3. The fourth-order valence-corrected chi connectivity index (χ4v) is 6.28. The zero-order chi connectivity index (χ0) is 21.1. The molecule has 2 aromatic carbocycles. The molecule has 0 radical (unpaired) electrons. The highest BCUT2D eigenvalue weighted by atomic mass is 28.3. The molecule has 0 aromatic heterocycles. The molecule has 0 N–H and O–H groups in total. The van der Waals surface area contributed by atoms with Crippen LogP contribution in [0.4, 0.5) is 8.78 Å². The van der Waals surface area contributed by atoms with Gasteiger partial charge in [-0.25, -0.2) is 0 Å². The fraction of sp³-hybridized carbons (Fsp3) is 0.520. The Morgan fingerprint density at radius 3 is 1.72 bits per heavy atom. The van der Waals surface area contributed by atoms with Crippen LogP contribution >= 0.6 is 0 Å².